The normalized spacial score (nSPS) is 23.4. The number of hydrogen-bond acceptors (Lipinski definition) is 7. The molecule has 1 N–H and O–H groups in total. The lowest BCUT2D eigenvalue weighted by Gasteiger charge is -2.39. The van der Waals surface area contributed by atoms with E-state index in [4.69, 9.17) is 32.9 Å². The second-order valence-corrected chi connectivity index (χ2v) is 18.4. The van der Waals surface area contributed by atoms with Crippen molar-refractivity contribution < 1.29 is 22.3 Å². The number of fused-ring (bicyclic) bond motifs is 4. The second-order valence-electron chi connectivity index (χ2n) is 15.6. The lowest BCUT2D eigenvalue weighted by molar-refractivity contribution is -0.134. The van der Waals surface area contributed by atoms with E-state index in [1.807, 2.05) is 17.9 Å². The van der Waals surface area contributed by atoms with Crippen molar-refractivity contribution in [2.24, 2.45) is 11.8 Å². The summed E-state index contributed by atoms with van der Waals surface area (Å²) in [7, 11) is -3.46. The summed E-state index contributed by atoms with van der Waals surface area (Å²) in [5.41, 5.74) is 4.67. The number of ether oxygens (including phenoxy) is 1. The van der Waals surface area contributed by atoms with Crippen LogP contribution in [0.3, 0.4) is 0 Å². The maximum Gasteiger partial charge on any atom is 0.226 e. The van der Waals surface area contributed by atoms with E-state index in [0.29, 0.717) is 63.7 Å². The number of nitrogens with one attached hydrogen (secondary N) is 1. The van der Waals surface area contributed by atoms with Crippen molar-refractivity contribution in [3.05, 3.63) is 93.0 Å². The van der Waals surface area contributed by atoms with Gasteiger partial charge in [0.2, 0.25) is 5.91 Å². The number of halogens is 3. The largest absolute Gasteiger partial charge is 0.372 e. The first-order chi connectivity index (χ1) is 26.4. The summed E-state index contributed by atoms with van der Waals surface area (Å²) in [6.07, 6.45) is 4.60. The Labute approximate surface area is 329 Å². The number of aromatic nitrogens is 2. The summed E-state index contributed by atoms with van der Waals surface area (Å²) in [5.74, 6) is -0.0715. The first kappa shape index (κ1) is 36.6. The molecule has 284 valence electrons. The van der Waals surface area contributed by atoms with Crippen LogP contribution in [-0.2, 0) is 32.4 Å². The highest BCUT2D eigenvalue weighted by Crippen LogP contribution is 2.51. The van der Waals surface area contributed by atoms with Gasteiger partial charge in [0, 0.05) is 77.4 Å². The summed E-state index contributed by atoms with van der Waals surface area (Å²) in [5, 5.41) is 15.4. The molecule has 5 fully saturated rings. The summed E-state index contributed by atoms with van der Waals surface area (Å²) in [6.45, 7) is 3.25. The van der Waals surface area contributed by atoms with Crippen molar-refractivity contribution in [2.75, 3.05) is 19.3 Å². The molecule has 5 heterocycles. The highest BCUT2D eigenvalue weighted by Gasteiger charge is 2.51. The number of sulfone groups is 1. The fraction of sp³-hybridized carbons (Fsp3) is 0.405. The summed E-state index contributed by atoms with van der Waals surface area (Å²) in [6, 6.07) is 18.3. The van der Waals surface area contributed by atoms with E-state index < -0.39 is 15.7 Å². The number of aryl methyl sites for hydroxylation is 2. The Morgan fingerprint density at radius 1 is 1.09 bits per heavy atom. The molecule has 0 radical (unpaired) electrons. The minimum Gasteiger partial charge on any atom is -0.372 e. The fourth-order valence-corrected chi connectivity index (χ4v) is 10.6. The zero-order valence-electron chi connectivity index (χ0n) is 30.5. The van der Waals surface area contributed by atoms with Crippen LogP contribution in [0.1, 0.15) is 66.7 Å². The van der Waals surface area contributed by atoms with Gasteiger partial charge in [-0.3, -0.25) is 4.79 Å². The molecule has 2 saturated carbocycles. The van der Waals surface area contributed by atoms with Gasteiger partial charge in [-0.05, 0) is 73.9 Å². The van der Waals surface area contributed by atoms with Crippen LogP contribution >= 0.6 is 23.2 Å². The van der Waals surface area contributed by atoms with Gasteiger partial charge in [-0.15, -0.1) is 0 Å². The Kier molecular flexibility index (Phi) is 9.21. The van der Waals surface area contributed by atoms with Gasteiger partial charge in [0.25, 0.3) is 0 Å². The number of pyridine rings is 1. The molecule has 3 aliphatic heterocycles. The molecule has 9 nitrogen and oxygen atoms in total. The molecule has 5 aromatic rings. The van der Waals surface area contributed by atoms with E-state index in [1.54, 1.807) is 42.5 Å². The van der Waals surface area contributed by atoms with Crippen molar-refractivity contribution in [3.8, 4) is 17.2 Å². The third kappa shape index (κ3) is 6.21. The molecule has 0 spiro atoms. The number of carbonyl (C=O) groups excluding carboxylic acids is 1. The van der Waals surface area contributed by atoms with Crippen LogP contribution in [-0.4, -0.2) is 60.3 Å². The fourth-order valence-electron chi connectivity index (χ4n) is 9.30. The number of likely N-dealkylation sites (tertiary alicyclic amines) is 1. The number of carbonyl (C=O) groups is 1. The van der Waals surface area contributed by atoms with Crippen LogP contribution in [0.4, 0.5) is 4.39 Å². The number of benzene rings is 3. The number of hydrogen-bond donors (Lipinski definition) is 1. The quantitative estimate of drug-likeness (QED) is 0.151. The molecule has 2 bridgehead atoms. The monoisotopic (exact) mass is 799 g/mol. The van der Waals surface area contributed by atoms with Crippen LogP contribution < -0.4 is 5.32 Å². The second kappa shape index (κ2) is 13.9. The van der Waals surface area contributed by atoms with Gasteiger partial charge >= 0.3 is 0 Å². The SMILES string of the molecule is Cc1nc2c(F)c(-c3cccc(Cl)c3Cl)c(CCC#N)cc2c2c1cc(C1CC(OCc3ccccc3S(C)(=O)=O)CN1C(=O)C1CC1)n2C1C2CNC1C2. The van der Waals surface area contributed by atoms with Gasteiger partial charge in [-0.2, -0.15) is 5.26 Å². The summed E-state index contributed by atoms with van der Waals surface area (Å²) in [4.78, 5) is 21.2. The maximum absolute atomic E-state index is 17.2. The van der Waals surface area contributed by atoms with Crippen LogP contribution in [0.2, 0.25) is 10.0 Å². The first-order valence-corrected chi connectivity index (χ1v) is 21.5. The van der Waals surface area contributed by atoms with Crippen molar-refractivity contribution >= 4 is 60.8 Å². The van der Waals surface area contributed by atoms with Gasteiger partial charge in [0.05, 0.1) is 51.3 Å². The zero-order chi connectivity index (χ0) is 38.3. The maximum atomic E-state index is 17.2. The molecule has 5 unspecified atom stereocenters. The summed E-state index contributed by atoms with van der Waals surface area (Å²) < 4.78 is 51.2. The van der Waals surface area contributed by atoms with E-state index in [1.165, 1.54) is 6.26 Å². The average molecular weight is 801 g/mol. The molecule has 2 aromatic heterocycles. The van der Waals surface area contributed by atoms with Crippen LogP contribution in [0.5, 0.6) is 0 Å². The molecule has 3 aromatic carbocycles. The van der Waals surface area contributed by atoms with Crippen molar-refractivity contribution in [3.63, 3.8) is 0 Å². The molecular formula is C42H40Cl2FN5O4S. The highest BCUT2D eigenvalue weighted by molar-refractivity contribution is 7.90. The van der Waals surface area contributed by atoms with Crippen LogP contribution in [0.15, 0.2) is 59.5 Å². The van der Waals surface area contributed by atoms with E-state index in [-0.39, 0.29) is 64.5 Å². The van der Waals surface area contributed by atoms with E-state index in [0.717, 1.165) is 42.4 Å². The van der Waals surface area contributed by atoms with Gasteiger partial charge in [-0.25, -0.2) is 17.8 Å². The lowest BCUT2D eigenvalue weighted by Crippen LogP contribution is -2.41. The standard InChI is InChI=1S/C42H40Cl2FN5O4S/c1-22-29-18-34(33-17-27(20-49(33)42(51)23-12-13-23)54-21-25-7-3-4-11-35(25)55(2,52)53)50(40-26-16-32(40)47-19-26)41(29)30-15-24(8-6-14-46)36(38(45)39(30)48-22)28-9-5-10-31(43)37(28)44/h3-5,7,9-11,15,18,23,26-27,32-33,40,47H,6,8,12-13,16-17,19-21H2,1-2H3. The highest BCUT2D eigenvalue weighted by atomic mass is 35.5. The third-order valence-corrected chi connectivity index (χ3v) is 14.1. The number of nitrogens with zero attached hydrogens (tertiary/aromatic N) is 4. The van der Waals surface area contributed by atoms with E-state index in [2.05, 4.69) is 22.0 Å². The van der Waals surface area contributed by atoms with Gasteiger partial charge < -0.3 is 19.5 Å². The Balaban J connectivity index is 1.21. The Hall–Kier alpha value is -4.05. The Bertz CT molecular complexity index is 2550. The molecule has 2 aliphatic carbocycles. The molecule has 55 heavy (non-hydrogen) atoms. The molecule has 10 rings (SSSR count). The van der Waals surface area contributed by atoms with E-state index in [9.17, 15) is 18.5 Å². The number of nitriles is 1. The van der Waals surface area contributed by atoms with Crippen LogP contribution in [0.25, 0.3) is 32.9 Å². The van der Waals surface area contributed by atoms with Gasteiger partial charge in [0.1, 0.15) is 5.52 Å². The smallest absolute Gasteiger partial charge is 0.226 e. The average Bonchev–Trinajstić information content (AvgIpc) is 3.45. The third-order valence-electron chi connectivity index (χ3n) is 12.1. The Morgan fingerprint density at radius 2 is 1.89 bits per heavy atom. The Morgan fingerprint density at radius 3 is 2.60 bits per heavy atom. The van der Waals surface area contributed by atoms with Crippen molar-refractivity contribution in [1.82, 2.24) is 19.8 Å². The molecule has 3 saturated heterocycles. The molecular weight excluding hydrogens is 760 g/mol. The molecule has 13 heteroatoms. The topological polar surface area (TPSA) is 117 Å². The van der Waals surface area contributed by atoms with Gasteiger partial charge in [0.15, 0.2) is 15.7 Å². The number of amides is 1. The van der Waals surface area contributed by atoms with Crippen LogP contribution in [0, 0.1) is 35.9 Å². The predicted molar refractivity (Wildman–Crippen MR) is 210 cm³/mol. The predicted octanol–water partition coefficient (Wildman–Crippen LogP) is 8.27. The molecule has 1 amide bonds. The molecule has 5 aliphatic rings. The molecule has 5 atom stereocenters. The minimum atomic E-state index is -3.46. The first-order valence-electron chi connectivity index (χ1n) is 18.9. The minimum absolute atomic E-state index is 0.0238. The zero-order valence-corrected chi connectivity index (χ0v) is 32.8. The summed E-state index contributed by atoms with van der Waals surface area (Å²) >= 11 is 13.1. The van der Waals surface area contributed by atoms with Crippen molar-refractivity contribution in [2.45, 2.75) is 81.2 Å². The number of rotatable bonds is 10. The van der Waals surface area contributed by atoms with Gasteiger partial charge in [-0.1, -0.05) is 53.5 Å². The van der Waals surface area contributed by atoms with E-state index >= 15 is 4.39 Å². The van der Waals surface area contributed by atoms with Crippen molar-refractivity contribution in [1.29, 1.82) is 5.26 Å². The lowest BCUT2D eigenvalue weighted by atomic mass is 9.79.